The van der Waals surface area contributed by atoms with Crippen molar-refractivity contribution in [1.82, 2.24) is 10.2 Å². The van der Waals surface area contributed by atoms with E-state index in [-0.39, 0.29) is 23.4 Å². The van der Waals surface area contributed by atoms with Crippen molar-refractivity contribution in [2.24, 2.45) is 0 Å². The van der Waals surface area contributed by atoms with Crippen molar-refractivity contribution in [2.75, 3.05) is 10.8 Å². The molecule has 0 heterocycles. The number of aryl methyl sites for hydroxylation is 1. The topological polar surface area (TPSA) is 86.8 Å². The van der Waals surface area contributed by atoms with Gasteiger partial charge in [-0.3, -0.25) is 13.9 Å². The molecular formula is C28H30Cl3N3O4S. The highest BCUT2D eigenvalue weighted by Crippen LogP contribution is 2.30. The fourth-order valence-electron chi connectivity index (χ4n) is 3.95. The second-order valence-corrected chi connectivity index (χ2v) is 12.5. The van der Waals surface area contributed by atoms with Crippen LogP contribution in [0.3, 0.4) is 0 Å². The van der Waals surface area contributed by atoms with E-state index in [9.17, 15) is 18.0 Å². The minimum atomic E-state index is -4.17. The van der Waals surface area contributed by atoms with Crippen LogP contribution in [-0.2, 0) is 26.2 Å². The van der Waals surface area contributed by atoms with Crippen LogP contribution in [0.1, 0.15) is 31.9 Å². The summed E-state index contributed by atoms with van der Waals surface area (Å²) in [5, 5.41) is 3.98. The summed E-state index contributed by atoms with van der Waals surface area (Å²) < 4.78 is 28.7. The van der Waals surface area contributed by atoms with Crippen LogP contribution in [0.25, 0.3) is 0 Å². The number of hydrogen-bond acceptors (Lipinski definition) is 4. The average Bonchev–Trinajstić information content (AvgIpc) is 2.87. The molecule has 0 fully saturated rings. The molecule has 0 aliphatic heterocycles. The normalized spacial score (nSPS) is 12.2. The number of rotatable bonds is 10. The summed E-state index contributed by atoms with van der Waals surface area (Å²) in [5.41, 5.74) is 1.41. The monoisotopic (exact) mass is 609 g/mol. The van der Waals surface area contributed by atoms with Gasteiger partial charge >= 0.3 is 0 Å². The second kappa shape index (κ2) is 13.0. The Kier molecular flexibility index (Phi) is 10.3. The second-order valence-electron chi connectivity index (χ2n) is 9.35. The van der Waals surface area contributed by atoms with E-state index in [0.29, 0.717) is 31.9 Å². The third-order valence-electron chi connectivity index (χ3n) is 5.99. The van der Waals surface area contributed by atoms with Gasteiger partial charge in [0.25, 0.3) is 10.0 Å². The van der Waals surface area contributed by atoms with Crippen LogP contribution in [0.15, 0.2) is 71.6 Å². The van der Waals surface area contributed by atoms with Crippen LogP contribution in [0, 0.1) is 6.92 Å². The largest absolute Gasteiger partial charge is 0.352 e. The molecule has 11 heteroatoms. The summed E-state index contributed by atoms with van der Waals surface area (Å²) in [6, 6.07) is 16.3. The van der Waals surface area contributed by atoms with Crippen LogP contribution in [0.5, 0.6) is 0 Å². The van der Waals surface area contributed by atoms with Gasteiger partial charge in [-0.2, -0.15) is 0 Å². The minimum absolute atomic E-state index is 0.0186. The fourth-order valence-corrected chi connectivity index (χ4v) is 6.15. The van der Waals surface area contributed by atoms with Crippen LogP contribution in [0.4, 0.5) is 5.69 Å². The van der Waals surface area contributed by atoms with Crippen molar-refractivity contribution < 1.29 is 18.0 Å². The van der Waals surface area contributed by atoms with Crippen molar-refractivity contribution in [2.45, 2.75) is 51.2 Å². The molecule has 0 aliphatic carbocycles. The fraction of sp³-hybridized carbons (Fsp3) is 0.286. The van der Waals surface area contributed by atoms with E-state index < -0.39 is 28.5 Å². The number of nitrogens with zero attached hydrogens (tertiary/aromatic N) is 2. The lowest BCUT2D eigenvalue weighted by molar-refractivity contribution is -0.139. The molecule has 39 heavy (non-hydrogen) atoms. The lowest BCUT2D eigenvalue weighted by Crippen LogP contribution is -2.52. The number of nitrogens with one attached hydrogen (secondary N) is 1. The van der Waals surface area contributed by atoms with Crippen LogP contribution < -0.4 is 9.62 Å². The third-order valence-corrected chi connectivity index (χ3v) is 8.59. The molecule has 0 saturated carbocycles. The van der Waals surface area contributed by atoms with E-state index in [0.717, 1.165) is 4.31 Å². The van der Waals surface area contributed by atoms with E-state index >= 15 is 0 Å². The number of carbonyl (C=O) groups excluding carboxylic acids is 2. The molecule has 1 N–H and O–H groups in total. The molecule has 0 bridgehead atoms. The van der Waals surface area contributed by atoms with Crippen LogP contribution >= 0.6 is 34.8 Å². The molecule has 0 aliphatic rings. The maximum atomic E-state index is 13.9. The van der Waals surface area contributed by atoms with Crippen molar-refractivity contribution in [3.8, 4) is 0 Å². The van der Waals surface area contributed by atoms with E-state index in [1.807, 2.05) is 13.8 Å². The van der Waals surface area contributed by atoms with Crippen molar-refractivity contribution in [3.63, 3.8) is 0 Å². The van der Waals surface area contributed by atoms with Crippen LogP contribution in [-0.4, -0.2) is 43.8 Å². The number of hydrogen-bond donors (Lipinski definition) is 1. The quantitative estimate of drug-likeness (QED) is 0.301. The standard InChI is InChI=1S/C28H30Cl3N3O4S/c1-18(2)32-28(36)20(4)33(16-21-10-11-23(30)15-25(21)31)27(35)17-34(26-13-12-22(29)14-19(26)3)39(37,38)24-8-6-5-7-9-24/h5-15,18,20H,16-17H2,1-4H3,(H,32,36). The summed E-state index contributed by atoms with van der Waals surface area (Å²) in [7, 11) is -4.17. The van der Waals surface area contributed by atoms with Gasteiger partial charge in [0.05, 0.1) is 10.6 Å². The zero-order chi connectivity index (χ0) is 28.9. The number of amides is 2. The van der Waals surface area contributed by atoms with E-state index in [1.54, 1.807) is 68.4 Å². The van der Waals surface area contributed by atoms with Gasteiger partial charge in [-0.1, -0.05) is 59.1 Å². The lowest BCUT2D eigenvalue weighted by Gasteiger charge is -2.33. The zero-order valence-corrected chi connectivity index (χ0v) is 25.1. The minimum Gasteiger partial charge on any atom is -0.352 e. The SMILES string of the molecule is Cc1cc(Cl)ccc1N(CC(=O)N(Cc1ccc(Cl)cc1Cl)C(C)C(=O)NC(C)C)S(=O)(=O)c1ccccc1. The maximum Gasteiger partial charge on any atom is 0.264 e. The molecule has 0 saturated heterocycles. The molecule has 1 unspecified atom stereocenters. The smallest absolute Gasteiger partial charge is 0.264 e. The first-order chi connectivity index (χ1) is 18.3. The van der Waals surface area contributed by atoms with Gasteiger partial charge < -0.3 is 10.2 Å². The Morgan fingerprint density at radius 3 is 2.10 bits per heavy atom. The lowest BCUT2D eigenvalue weighted by atomic mass is 10.1. The Balaban J connectivity index is 2.08. The molecule has 208 valence electrons. The Hall–Kier alpha value is -2.78. The average molecular weight is 611 g/mol. The first-order valence-electron chi connectivity index (χ1n) is 12.2. The summed E-state index contributed by atoms with van der Waals surface area (Å²) in [6.07, 6.45) is 0. The molecule has 0 aromatic heterocycles. The first kappa shape index (κ1) is 30.8. The Morgan fingerprint density at radius 2 is 1.51 bits per heavy atom. The molecule has 0 radical (unpaired) electrons. The summed E-state index contributed by atoms with van der Waals surface area (Å²) in [5.74, 6) is -0.982. The maximum absolute atomic E-state index is 13.9. The first-order valence-corrected chi connectivity index (χ1v) is 14.8. The van der Waals surface area contributed by atoms with E-state index in [4.69, 9.17) is 34.8 Å². The predicted molar refractivity (Wildman–Crippen MR) is 157 cm³/mol. The third kappa shape index (κ3) is 7.66. The van der Waals surface area contributed by atoms with Gasteiger partial charge in [0.15, 0.2) is 0 Å². The predicted octanol–water partition coefficient (Wildman–Crippen LogP) is 6.09. The number of sulfonamides is 1. The number of benzene rings is 3. The summed E-state index contributed by atoms with van der Waals surface area (Å²) in [4.78, 5) is 28.3. The Morgan fingerprint density at radius 1 is 0.897 bits per heavy atom. The summed E-state index contributed by atoms with van der Waals surface area (Å²) >= 11 is 18.6. The molecule has 7 nitrogen and oxygen atoms in total. The zero-order valence-electron chi connectivity index (χ0n) is 22.0. The Labute approximate surface area is 244 Å². The molecule has 0 spiro atoms. The van der Waals surface area contributed by atoms with Crippen molar-refractivity contribution in [3.05, 3.63) is 92.9 Å². The molecule has 1 atom stereocenters. The van der Waals surface area contributed by atoms with Gasteiger partial charge in [0.2, 0.25) is 11.8 Å². The highest BCUT2D eigenvalue weighted by Gasteiger charge is 2.33. The van der Waals surface area contributed by atoms with Gasteiger partial charge in [0, 0.05) is 27.7 Å². The molecular weight excluding hydrogens is 581 g/mol. The number of halogens is 3. The van der Waals surface area contributed by atoms with Crippen molar-refractivity contribution >= 4 is 62.3 Å². The highest BCUT2D eigenvalue weighted by molar-refractivity contribution is 7.92. The molecule has 3 aromatic carbocycles. The Bertz CT molecular complexity index is 1450. The summed E-state index contributed by atoms with van der Waals surface area (Å²) in [6.45, 7) is 6.31. The van der Waals surface area contributed by atoms with Gasteiger partial charge in [-0.15, -0.1) is 0 Å². The van der Waals surface area contributed by atoms with Crippen molar-refractivity contribution in [1.29, 1.82) is 0 Å². The van der Waals surface area contributed by atoms with Gasteiger partial charge in [0.1, 0.15) is 12.6 Å². The van der Waals surface area contributed by atoms with Gasteiger partial charge in [-0.05, 0) is 81.3 Å². The highest BCUT2D eigenvalue weighted by atomic mass is 35.5. The van der Waals surface area contributed by atoms with Gasteiger partial charge in [-0.25, -0.2) is 8.42 Å². The van der Waals surface area contributed by atoms with E-state index in [2.05, 4.69) is 5.32 Å². The molecule has 3 aromatic rings. The molecule has 2 amide bonds. The molecule has 3 rings (SSSR count). The van der Waals surface area contributed by atoms with E-state index in [1.165, 1.54) is 17.0 Å². The number of carbonyl (C=O) groups is 2. The number of anilines is 1. The van der Waals surface area contributed by atoms with Crippen LogP contribution in [0.2, 0.25) is 15.1 Å².